The average Bonchev–Trinajstić information content (AvgIpc) is 1.73. The molecule has 3 aromatic heterocycles. The largest absolute Gasteiger partial charge is 0.309 e. The van der Waals surface area contributed by atoms with Gasteiger partial charge in [-0.15, -0.1) is 0 Å². The van der Waals surface area contributed by atoms with Crippen LogP contribution in [0, 0.1) is 6.92 Å². The first kappa shape index (κ1) is 13.0. The fourth-order valence-electron chi connectivity index (χ4n) is 7.36. The molecule has 0 atom stereocenters. The third-order valence-corrected chi connectivity index (χ3v) is 9.47. The Morgan fingerprint density at radius 3 is 1.68 bits per heavy atom. The number of fused-ring (bicyclic) bond motifs is 11. The van der Waals surface area contributed by atoms with E-state index in [2.05, 4.69) is 0 Å². The summed E-state index contributed by atoms with van der Waals surface area (Å²) in [5, 5.41) is -2.32. The Kier molecular flexibility index (Phi) is 2.60. The molecule has 0 saturated carbocycles. The van der Waals surface area contributed by atoms with Crippen molar-refractivity contribution in [1.29, 1.82) is 0 Å². The van der Waals surface area contributed by atoms with Crippen LogP contribution >= 0.6 is 0 Å². The van der Waals surface area contributed by atoms with E-state index < -0.39 is 236 Å². The van der Waals surface area contributed by atoms with E-state index in [1.165, 1.54) is 6.92 Å². The third kappa shape index (κ3) is 3.99. The van der Waals surface area contributed by atoms with Gasteiger partial charge in [0.2, 0.25) is 0 Å². The van der Waals surface area contributed by atoms with Crippen LogP contribution in [0.25, 0.3) is 93.6 Å². The summed E-state index contributed by atoms with van der Waals surface area (Å²) in [5.74, 6) is 0. The molecule has 12 rings (SSSR count). The van der Waals surface area contributed by atoms with E-state index in [-0.39, 0.29) is 49.4 Å². The van der Waals surface area contributed by atoms with Gasteiger partial charge < -0.3 is 13.7 Å². The highest BCUT2D eigenvalue weighted by molar-refractivity contribution is 6.15. The van der Waals surface area contributed by atoms with Crippen LogP contribution in [0.15, 0.2) is 169 Å². The smallest absolute Gasteiger partial charge is 0.0652 e. The number of para-hydroxylation sites is 4. The van der Waals surface area contributed by atoms with E-state index in [0.717, 1.165) is 13.7 Å². The van der Waals surface area contributed by atoms with Crippen molar-refractivity contribution >= 4 is 65.4 Å². The molecule has 0 fully saturated rings. The van der Waals surface area contributed by atoms with Crippen LogP contribution in [-0.4, -0.2) is 13.7 Å². The van der Waals surface area contributed by atoms with Crippen LogP contribution in [0.5, 0.6) is 0 Å². The lowest BCUT2D eigenvalue weighted by Crippen LogP contribution is -2.08. The number of hydrogen-bond acceptors (Lipinski definition) is 0. The molecule has 0 unspecified atom stereocenters. The van der Waals surface area contributed by atoms with Gasteiger partial charge in [-0.1, -0.05) is 90.2 Å². The molecule has 3 nitrogen and oxygen atoms in total. The Morgan fingerprint density at radius 1 is 0.396 bits per heavy atom. The van der Waals surface area contributed by atoms with Crippen molar-refractivity contribution in [1.82, 2.24) is 13.7 Å². The number of nitrogens with zero attached hydrogens (tertiary/aromatic N) is 3. The van der Waals surface area contributed by atoms with E-state index in [9.17, 15) is 15.1 Å². The van der Waals surface area contributed by atoms with Gasteiger partial charge >= 0.3 is 0 Å². The molecular formula is C50H33N3. The summed E-state index contributed by atoms with van der Waals surface area (Å²) >= 11 is 0. The van der Waals surface area contributed by atoms with Crippen LogP contribution in [0.1, 0.15) is 55.1 Å². The Bertz CT molecular complexity index is 4890. The Labute approximate surface area is 345 Å². The molecule has 0 N–H and O–H groups in total. The van der Waals surface area contributed by atoms with Crippen molar-refractivity contribution in [3.8, 4) is 28.2 Å². The average molecular weight is 704 g/mol. The van der Waals surface area contributed by atoms with E-state index in [0.29, 0.717) is 0 Å². The zero-order valence-corrected chi connectivity index (χ0v) is 27.0. The van der Waals surface area contributed by atoms with Gasteiger partial charge in [-0.05, 0) is 114 Å². The maximum Gasteiger partial charge on any atom is 0.0652 e. The van der Waals surface area contributed by atoms with Crippen molar-refractivity contribution in [2.75, 3.05) is 0 Å². The number of benzene rings is 8. The molecule has 0 aliphatic carbocycles. The van der Waals surface area contributed by atoms with Gasteiger partial charge in [0.15, 0.2) is 0 Å². The lowest BCUT2D eigenvalue weighted by Gasteiger charge is -2.22. The summed E-state index contributed by atoms with van der Waals surface area (Å²) < 4.78 is 259. The summed E-state index contributed by atoms with van der Waals surface area (Å²) in [5.41, 5.74) is -5.91. The maximum absolute atomic E-state index is 10.1. The van der Waals surface area contributed by atoms with Gasteiger partial charge in [0.05, 0.1) is 77.2 Å². The maximum atomic E-state index is 10.1. The minimum atomic E-state index is -0.949. The van der Waals surface area contributed by atoms with Crippen LogP contribution in [0.3, 0.4) is 0 Å². The molecular weight excluding hydrogens is 643 g/mol. The molecule has 1 aliphatic heterocycles. The number of rotatable bonds is 3. The fraction of sp³-hybridized carbons (Fsp3) is 0.0400. The number of hydrogen-bond donors (Lipinski definition) is 0. The van der Waals surface area contributed by atoms with E-state index >= 15 is 0 Å². The second kappa shape index (κ2) is 10.6. The molecule has 0 spiro atoms. The monoisotopic (exact) mass is 703 g/mol. The zero-order valence-electron chi connectivity index (χ0n) is 55.0. The Balaban J connectivity index is 1.30. The topological polar surface area (TPSA) is 14.8 Å². The van der Waals surface area contributed by atoms with Crippen LogP contribution < -0.4 is 0 Å². The van der Waals surface area contributed by atoms with Gasteiger partial charge in [-0.25, -0.2) is 0 Å². The second-order valence-electron chi connectivity index (χ2n) is 12.4. The lowest BCUT2D eigenvalue weighted by atomic mass is 9.92. The molecule has 8 aromatic carbocycles. The van der Waals surface area contributed by atoms with Gasteiger partial charge in [0.25, 0.3) is 0 Å². The highest BCUT2D eigenvalue weighted by Gasteiger charge is 2.26. The predicted molar refractivity (Wildman–Crippen MR) is 222 cm³/mol. The van der Waals surface area contributed by atoms with E-state index in [1.54, 1.807) is 0 Å². The molecule has 53 heavy (non-hydrogen) atoms. The second-order valence-corrected chi connectivity index (χ2v) is 12.4. The fourth-order valence-corrected chi connectivity index (χ4v) is 7.36. The van der Waals surface area contributed by atoms with E-state index in [1.807, 2.05) is 0 Å². The third-order valence-electron chi connectivity index (χ3n) is 9.47. The van der Waals surface area contributed by atoms with Crippen LogP contribution in [-0.2, 0) is 6.42 Å². The van der Waals surface area contributed by atoms with Crippen molar-refractivity contribution in [2.45, 2.75) is 13.3 Å². The van der Waals surface area contributed by atoms with Crippen molar-refractivity contribution in [3.05, 3.63) is 186 Å². The van der Waals surface area contributed by atoms with Crippen LogP contribution in [0.4, 0.5) is 0 Å². The first-order valence-electron chi connectivity index (χ1n) is 30.2. The summed E-state index contributed by atoms with van der Waals surface area (Å²) in [6.45, 7) is 1.36. The van der Waals surface area contributed by atoms with Crippen LogP contribution in [0.2, 0.25) is 0 Å². The molecule has 11 aromatic rings. The molecule has 0 radical (unpaired) electrons. The molecule has 0 bridgehead atoms. The van der Waals surface area contributed by atoms with Gasteiger partial charge in [-0.2, -0.15) is 0 Å². The molecule has 248 valence electrons. The number of aromatic nitrogens is 3. The summed E-state index contributed by atoms with van der Waals surface area (Å²) in [7, 11) is 0. The lowest BCUT2D eigenvalue weighted by molar-refractivity contribution is 1.05. The Hall–Kier alpha value is -6.84. The first-order valence-corrected chi connectivity index (χ1v) is 16.2. The predicted octanol–water partition coefficient (Wildman–Crippen LogP) is 12.9. The molecule has 1 aliphatic rings. The van der Waals surface area contributed by atoms with Gasteiger partial charge in [0.1, 0.15) is 0 Å². The van der Waals surface area contributed by atoms with Crippen molar-refractivity contribution in [3.63, 3.8) is 0 Å². The first-order chi connectivity index (χ1) is 37.9. The summed E-state index contributed by atoms with van der Waals surface area (Å²) in [6.07, 6.45) is -0.623. The summed E-state index contributed by atoms with van der Waals surface area (Å²) in [6, 6.07) is -21.8. The molecule has 3 heteroatoms. The molecule has 0 amide bonds. The zero-order chi connectivity index (χ0) is 59.2. The SMILES string of the molecule is [2H]c1c([2H])c([2H])c(-n2c3c([2H])c([2H])c([2H])c([2H])c3c3c([2H])c(-c4c([2H])c5c6c(c4[2H])c4c([2H])c([2H])c([2H])c([2H])c4n6-c4c(c([2H])c6c(c4[2H])c4c([2H])c(C)c([2H])c([2H])c4n6-c4c([2H])c([2H])c([2H])c([2H])c4[2H])C5)c([2H])c([2H])c32)c([2H])c1[2H]. The normalized spacial score (nSPS) is 19.9. The molecule has 4 heterocycles. The van der Waals surface area contributed by atoms with Crippen molar-refractivity contribution < 1.29 is 38.4 Å². The standard InChI is InChI=1S/C50H33N3/c1-31-20-22-46-40(24-31)42-30-48-34(29-49(42)52(46)37-14-6-3-7-15-37)26-35-25-33(28-43-39-17-9-11-19-45(39)53(48)50(35)43)32-21-23-47-41(27-32)38-16-8-10-18-44(38)51(47)36-12-4-2-5-13-36/h2-25,27-30H,26H2,1H3/i2D,3D,4D,5D,6D,7D,8D,9D,10D,11D,12D,13D,14D,15D,16D,17D,18D,19D,20D,21D,22D,23D,24D,25D,27D,28D,29D,30D. The van der Waals surface area contributed by atoms with Gasteiger partial charge in [0, 0.05) is 50.1 Å². The van der Waals surface area contributed by atoms with E-state index in [4.69, 9.17) is 23.3 Å². The Morgan fingerprint density at radius 2 is 0.943 bits per heavy atom. The highest BCUT2D eigenvalue weighted by atomic mass is 15.0. The summed E-state index contributed by atoms with van der Waals surface area (Å²) in [4.78, 5) is 0. The van der Waals surface area contributed by atoms with Gasteiger partial charge in [-0.3, -0.25) is 0 Å². The van der Waals surface area contributed by atoms with Crippen molar-refractivity contribution in [2.24, 2.45) is 0 Å². The minimum Gasteiger partial charge on any atom is -0.309 e. The molecule has 0 saturated heterocycles. The minimum absolute atomic E-state index is 0.0645. The quantitative estimate of drug-likeness (QED) is 0.174. The highest BCUT2D eigenvalue weighted by Crippen LogP contribution is 2.45.